The lowest BCUT2D eigenvalue weighted by atomic mass is 10.3. The van der Waals surface area contributed by atoms with E-state index in [4.69, 9.17) is 18.7 Å². The quantitative estimate of drug-likeness (QED) is 0.607. The van der Waals surface area contributed by atoms with Crippen LogP contribution in [0.25, 0.3) is 0 Å². The average Bonchev–Trinajstić information content (AvgIpc) is 3.20. The van der Waals surface area contributed by atoms with Crippen LogP contribution in [-0.4, -0.2) is 35.8 Å². The van der Waals surface area contributed by atoms with Crippen molar-refractivity contribution in [2.45, 2.75) is 19.6 Å². The second kappa shape index (κ2) is 9.40. The van der Waals surface area contributed by atoms with E-state index in [9.17, 15) is 4.79 Å². The number of methoxy groups -OCH3 is 1. The predicted octanol–water partition coefficient (Wildman–Crippen LogP) is 2.85. The van der Waals surface area contributed by atoms with Crippen molar-refractivity contribution in [3.05, 3.63) is 66.3 Å². The molecule has 28 heavy (non-hydrogen) atoms. The van der Waals surface area contributed by atoms with Gasteiger partial charge in [0, 0.05) is 18.3 Å². The van der Waals surface area contributed by atoms with Crippen LogP contribution in [0.15, 0.2) is 59.4 Å². The zero-order valence-corrected chi connectivity index (χ0v) is 15.6. The normalized spacial score (nSPS) is 11.5. The van der Waals surface area contributed by atoms with Gasteiger partial charge in [0.25, 0.3) is 5.91 Å². The van der Waals surface area contributed by atoms with Gasteiger partial charge in [0.15, 0.2) is 11.5 Å². The number of hydrogen-bond acceptors (Lipinski definition) is 7. The summed E-state index contributed by atoms with van der Waals surface area (Å²) < 4.78 is 21.6. The van der Waals surface area contributed by atoms with Gasteiger partial charge in [-0.15, -0.1) is 0 Å². The molecule has 146 valence electrons. The third-order valence-corrected chi connectivity index (χ3v) is 3.74. The first kappa shape index (κ1) is 19.2. The molecule has 2 aromatic heterocycles. The first-order valence-electron chi connectivity index (χ1n) is 8.71. The SMILES string of the molecule is COc1cccc(OCc2cc(C(=O)NC[C@@H](C)Oc3cccnc3)no2)c1. The smallest absolute Gasteiger partial charge is 0.273 e. The third-order valence-electron chi connectivity index (χ3n) is 3.74. The maximum absolute atomic E-state index is 12.2. The number of aromatic nitrogens is 2. The monoisotopic (exact) mass is 383 g/mol. The molecule has 0 radical (unpaired) electrons. The van der Waals surface area contributed by atoms with E-state index in [-0.39, 0.29) is 24.3 Å². The van der Waals surface area contributed by atoms with Gasteiger partial charge >= 0.3 is 0 Å². The van der Waals surface area contributed by atoms with E-state index in [1.165, 1.54) is 0 Å². The van der Waals surface area contributed by atoms with Crippen LogP contribution in [0.3, 0.4) is 0 Å². The molecule has 1 atom stereocenters. The van der Waals surface area contributed by atoms with Crippen LogP contribution in [0, 0.1) is 0 Å². The Hall–Kier alpha value is -3.55. The summed E-state index contributed by atoms with van der Waals surface area (Å²) in [7, 11) is 1.59. The number of nitrogens with zero attached hydrogens (tertiary/aromatic N) is 2. The number of rotatable bonds is 9. The second-order valence-electron chi connectivity index (χ2n) is 5.97. The van der Waals surface area contributed by atoms with Gasteiger partial charge in [0.1, 0.15) is 30.0 Å². The molecule has 1 N–H and O–H groups in total. The van der Waals surface area contributed by atoms with E-state index in [1.54, 1.807) is 49.8 Å². The van der Waals surface area contributed by atoms with E-state index in [0.29, 0.717) is 29.6 Å². The lowest BCUT2D eigenvalue weighted by molar-refractivity contribution is 0.0922. The van der Waals surface area contributed by atoms with Gasteiger partial charge in [-0.05, 0) is 31.2 Å². The van der Waals surface area contributed by atoms with Gasteiger partial charge in [-0.2, -0.15) is 0 Å². The summed E-state index contributed by atoms with van der Waals surface area (Å²) >= 11 is 0. The van der Waals surface area contributed by atoms with E-state index < -0.39 is 0 Å². The van der Waals surface area contributed by atoms with Crippen molar-refractivity contribution in [1.82, 2.24) is 15.5 Å². The number of hydrogen-bond donors (Lipinski definition) is 1. The Labute approximate surface area is 162 Å². The van der Waals surface area contributed by atoms with Crippen LogP contribution < -0.4 is 19.5 Å². The molecular weight excluding hydrogens is 362 g/mol. The number of carbonyl (C=O) groups is 1. The molecule has 8 nitrogen and oxygen atoms in total. The fraction of sp³-hybridized carbons (Fsp3) is 0.250. The van der Waals surface area contributed by atoms with Crippen molar-refractivity contribution in [2.24, 2.45) is 0 Å². The Morgan fingerprint density at radius 2 is 2.00 bits per heavy atom. The Balaban J connectivity index is 1.46. The summed E-state index contributed by atoms with van der Waals surface area (Å²) in [5.74, 6) is 2.05. The van der Waals surface area contributed by atoms with Crippen LogP contribution in [0.4, 0.5) is 0 Å². The lowest BCUT2D eigenvalue weighted by Gasteiger charge is -2.14. The van der Waals surface area contributed by atoms with Gasteiger partial charge in [0.2, 0.25) is 0 Å². The van der Waals surface area contributed by atoms with E-state index in [2.05, 4.69) is 15.5 Å². The highest BCUT2D eigenvalue weighted by atomic mass is 16.5. The van der Waals surface area contributed by atoms with Crippen molar-refractivity contribution in [3.63, 3.8) is 0 Å². The molecule has 0 fully saturated rings. The molecule has 3 rings (SSSR count). The molecule has 0 saturated heterocycles. The number of benzene rings is 1. The number of nitrogens with one attached hydrogen (secondary N) is 1. The minimum atomic E-state index is -0.349. The number of amides is 1. The fourth-order valence-electron chi connectivity index (χ4n) is 2.35. The lowest BCUT2D eigenvalue weighted by Crippen LogP contribution is -2.33. The van der Waals surface area contributed by atoms with Gasteiger partial charge in [0.05, 0.1) is 19.9 Å². The topological polar surface area (TPSA) is 95.7 Å². The Morgan fingerprint density at radius 3 is 2.79 bits per heavy atom. The van der Waals surface area contributed by atoms with Crippen molar-refractivity contribution >= 4 is 5.91 Å². The summed E-state index contributed by atoms with van der Waals surface area (Å²) in [6.07, 6.45) is 3.06. The molecule has 8 heteroatoms. The molecule has 2 heterocycles. The second-order valence-corrected chi connectivity index (χ2v) is 5.97. The van der Waals surface area contributed by atoms with Crippen LogP contribution in [0.5, 0.6) is 17.2 Å². The Kier molecular flexibility index (Phi) is 6.46. The molecule has 0 bridgehead atoms. The standard InChI is InChI=1S/C20H21N3O5/c1-14(27-17-7-4-8-21-12-17)11-22-20(24)19-10-18(28-23-19)13-26-16-6-3-5-15(9-16)25-2/h3-10,12,14H,11,13H2,1-2H3,(H,22,24)/t14-/m1/s1. The highest BCUT2D eigenvalue weighted by Crippen LogP contribution is 2.20. The molecule has 3 aromatic rings. The van der Waals surface area contributed by atoms with Crippen molar-refractivity contribution < 1.29 is 23.5 Å². The number of carbonyl (C=O) groups excluding carboxylic acids is 1. The van der Waals surface area contributed by atoms with Crippen molar-refractivity contribution in [2.75, 3.05) is 13.7 Å². The molecule has 0 aliphatic rings. The molecule has 0 aliphatic carbocycles. The highest BCUT2D eigenvalue weighted by Gasteiger charge is 2.14. The van der Waals surface area contributed by atoms with E-state index in [0.717, 1.165) is 0 Å². The Morgan fingerprint density at radius 1 is 1.18 bits per heavy atom. The van der Waals surface area contributed by atoms with Crippen LogP contribution in [0.2, 0.25) is 0 Å². The van der Waals surface area contributed by atoms with Crippen LogP contribution in [-0.2, 0) is 6.61 Å². The molecule has 0 spiro atoms. The summed E-state index contributed by atoms with van der Waals surface area (Å²) in [6.45, 7) is 2.31. The summed E-state index contributed by atoms with van der Waals surface area (Å²) in [6, 6.07) is 12.3. The molecule has 0 unspecified atom stereocenters. The minimum absolute atomic E-state index is 0.147. The largest absolute Gasteiger partial charge is 0.497 e. The summed E-state index contributed by atoms with van der Waals surface area (Å²) in [5, 5.41) is 6.54. The zero-order valence-electron chi connectivity index (χ0n) is 15.6. The zero-order chi connectivity index (χ0) is 19.8. The third kappa shape index (κ3) is 5.47. The summed E-state index contributed by atoms with van der Waals surface area (Å²) in [5.41, 5.74) is 0.179. The van der Waals surface area contributed by atoms with Gasteiger partial charge in [-0.25, -0.2) is 0 Å². The molecular formula is C20H21N3O5. The van der Waals surface area contributed by atoms with Gasteiger partial charge < -0.3 is 24.1 Å². The molecule has 1 aromatic carbocycles. The first-order chi connectivity index (χ1) is 13.6. The predicted molar refractivity (Wildman–Crippen MR) is 100 cm³/mol. The fourth-order valence-corrected chi connectivity index (χ4v) is 2.35. The van der Waals surface area contributed by atoms with Gasteiger partial charge in [-0.1, -0.05) is 11.2 Å². The minimum Gasteiger partial charge on any atom is -0.497 e. The van der Waals surface area contributed by atoms with E-state index >= 15 is 0 Å². The van der Waals surface area contributed by atoms with E-state index in [1.807, 2.05) is 19.1 Å². The highest BCUT2D eigenvalue weighted by molar-refractivity contribution is 5.92. The van der Waals surface area contributed by atoms with Crippen molar-refractivity contribution in [3.8, 4) is 17.2 Å². The maximum Gasteiger partial charge on any atom is 0.273 e. The van der Waals surface area contributed by atoms with Gasteiger partial charge in [-0.3, -0.25) is 9.78 Å². The molecule has 0 aliphatic heterocycles. The van der Waals surface area contributed by atoms with Crippen LogP contribution in [0.1, 0.15) is 23.2 Å². The van der Waals surface area contributed by atoms with Crippen molar-refractivity contribution in [1.29, 1.82) is 0 Å². The number of pyridine rings is 1. The first-order valence-corrected chi connectivity index (χ1v) is 8.71. The maximum atomic E-state index is 12.2. The number of ether oxygens (including phenoxy) is 3. The average molecular weight is 383 g/mol. The molecule has 0 saturated carbocycles. The summed E-state index contributed by atoms with van der Waals surface area (Å²) in [4.78, 5) is 16.2. The Bertz CT molecular complexity index is 898. The van der Waals surface area contributed by atoms with Crippen LogP contribution >= 0.6 is 0 Å². The molecule has 1 amide bonds.